The van der Waals surface area contributed by atoms with Gasteiger partial charge in [-0.15, -0.1) is 0 Å². The second kappa shape index (κ2) is 14.4. The van der Waals surface area contributed by atoms with E-state index in [1.807, 2.05) is 87.5 Å². The number of carbonyl (C=O) groups excluding carboxylic acids is 2. The highest BCUT2D eigenvalue weighted by atomic mass is 35.5. The van der Waals surface area contributed by atoms with E-state index in [9.17, 15) is 18.0 Å². The largest absolute Gasteiger partial charge is 0.355 e. The Morgan fingerprint density at radius 2 is 1.42 bits per heavy atom. The van der Waals surface area contributed by atoms with Crippen LogP contribution in [0, 0.1) is 13.8 Å². The summed E-state index contributed by atoms with van der Waals surface area (Å²) in [4.78, 5) is 29.4. The van der Waals surface area contributed by atoms with E-state index in [0.717, 1.165) is 26.6 Å². The molecule has 0 bridgehead atoms. The maximum absolute atomic E-state index is 14.4. The van der Waals surface area contributed by atoms with Crippen LogP contribution >= 0.6 is 11.6 Å². The topological polar surface area (TPSA) is 86.8 Å². The third-order valence-electron chi connectivity index (χ3n) is 7.28. The number of halogens is 1. The zero-order chi connectivity index (χ0) is 31.0. The predicted octanol–water partition coefficient (Wildman–Crippen LogP) is 5.93. The smallest absolute Gasteiger partial charge is 0.264 e. The molecule has 43 heavy (non-hydrogen) atoms. The summed E-state index contributed by atoms with van der Waals surface area (Å²) in [5.74, 6) is -0.819. The second-order valence-electron chi connectivity index (χ2n) is 10.3. The van der Waals surface area contributed by atoms with Gasteiger partial charge in [-0.05, 0) is 79.4 Å². The minimum absolute atomic E-state index is 0.00194. The van der Waals surface area contributed by atoms with E-state index >= 15 is 0 Å². The predicted molar refractivity (Wildman–Crippen MR) is 172 cm³/mol. The van der Waals surface area contributed by atoms with Crippen LogP contribution in [-0.2, 0) is 32.6 Å². The van der Waals surface area contributed by atoms with Gasteiger partial charge in [-0.25, -0.2) is 8.42 Å². The van der Waals surface area contributed by atoms with Crippen LogP contribution in [0.4, 0.5) is 5.69 Å². The van der Waals surface area contributed by atoms with E-state index in [0.29, 0.717) is 17.3 Å². The fraction of sp³-hybridized carbons (Fsp3) is 0.235. The first kappa shape index (κ1) is 31.8. The molecule has 0 aliphatic rings. The van der Waals surface area contributed by atoms with E-state index in [2.05, 4.69) is 5.32 Å². The normalized spacial score (nSPS) is 11.9. The molecular formula is C34H36ClN3O4S. The van der Waals surface area contributed by atoms with Crippen LogP contribution in [0.5, 0.6) is 0 Å². The summed E-state index contributed by atoms with van der Waals surface area (Å²) in [6.07, 6.45) is 0.263. The lowest BCUT2D eigenvalue weighted by Gasteiger charge is -2.34. The zero-order valence-electron chi connectivity index (χ0n) is 24.5. The van der Waals surface area contributed by atoms with E-state index in [1.54, 1.807) is 12.1 Å². The first-order valence-corrected chi connectivity index (χ1v) is 15.9. The standard InChI is InChI=1S/C34H36ClN3O4S/c1-4-36-34(40)32(22-27-11-7-5-8-12-27)37(23-28-13-9-6-10-14-28)33(39)24-38(30-18-15-25(2)26(3)21-30)43(41,42)31-19-16-29(35)17-20-31/h5-21,32H,4,22-24H2,1-3H3,(H,36,40)/t32-/m1/s1. The molecule has 224 valence electrons. The van der Waals surface area contributed by atoms with Gasteiger partial charge in [0.25, 0.3) is 10.0 Å². The van der Waals surface area contributed by atoms with Crippen molar-refractivity contribution in [3.8, 4) is 0 Å². The number of nitrogens with one attached hydrogen (secondary N) is 1. The van der Waals surface area contributed by atoms with Gasteiger partial charge in [0.05, 0.1) is 10.6 Å². The molecule has 4 rings (SSSR count). The highest BCUT2D eigenvalue weighted by Gasteiger charge is 2.34. The van der Waals surface area contributed by atoms with Crippen LogP contribution in [0.1, 0.15) is 29.2 Å². The Hall–Kier alpha value is -4.14. The molecule has 0 aromatic heterocycles. The zero-order valence-corrected chi connectivity index (χ0v) is 26.1. The summed E-state index contributed by atoms with van der Waals surface area (Å²) in [6.45, 7) is 5.64. The first-order valence-electron chi connectivity index (χ1n) is 14.1. The molecule has 2 amide bonds. The van der Waals surface area contributed by atoms with Gasteiger partial charge >= 0.3 is 0 Å². The summed E-state index contributed by atoms with van der Waals surface area (Å²) >= 11 is 6.05. The lowest BCUT2D eigenvalue weighted by molar-refractivity contribution is -0.140. The summed E-state index contributed by atoms with van der Waals surface area (Å²) in [5.41, 5.74) is 3.92. The summed E-state index contributed by atoms with van der Waals surface area (Å²) in [6, 6.07) is 29.1. The lowest BCUT2D eigenvalue weighted by Crippen LogP contribution is -2.53. The number of hydrogen-bond acceptors (Lipinski definition) is 4. The average molecular weight is 618 g/mol. The molecule has 0 radical (unpaired) electrons. The molecule has 0 aliphatic carbocycles. The molecule has 0 spiro atoms. The van der Waals surface area contributed by atoms with Gasteiger partial charge in [0.2, 0.25) is 11.8 Å². The van der Waals surface area contributed by atoms with Crippen molar-refractivity contribution in [3.05, 3.63) is 130 Å². The van der Waals surface area contributed by atoms with Crippen LogP contribution in [0.15, 0.2) is 108 Å². The molecule has 9 heteroatoms. The van der Waals surface area contributed by atoms with Gasteiger partial charge in [-0.2, -0.15) is 0 Å². The summed E-state index contributed by atoms with van der Waals surface area (Å²) in [5, 5.41) is 3.27. The molecule has 1 atom stereocenters. The van der Waals surface area contributed by atoms with E-state index < -0.39 is 28.5 Å². The number of nitrogens with zero attached hydrogens (tertiary/aromatic N) is 2. The fourth-order valence-electron chi connectivity index (χ4n) is 4.77. The maximum Gasteiger partial charge on any atom is 0.264 e. The molecule has 1 N–H and O–H groups in total. The first-order chi connectivity index (χ1) is 20.6. The summed E-state index contributed by atoms with van der Waals surface area (Å²) in [7, 11) is -4.19. The molecule has 7 nitrogen and oxygen atoms in total. The van der Waals surface area contributed by atoms with Crippen molar-refractivity contribution in [2.24, 2.45) is 0 Å². The Balaban J connectivity index is 1.80. The third kappa shape index (κ3) is 8.03. The van der Waals surface area contributed by atoms with Crippen LogP contribution in [0.2, 0.25) is 5.02 Å². The van der Waals surface area contributed by atoms with E-state index in [4.69, 9.17) is 11.6 Å². The average Bonchev–Trinajstić information content (AvgIpc) is 3.00. The number of amides is 2. The van der Waals surface area contributed by atoms with Crippen molar-refractivity contribution >= 4 is 39.1 Å². The Labute approximate surface area is 259 Å². The number of anilines is 1. The second-order valence-corrected chi connectivity index (χ2v) is 12.6. The van der Waals surface area contributed by atoms with Gasteiger partial charge in [0.15, 0.2) is 0 Å². The van der Waals surface area contributed by atoms with Gasteiger partial charge in [-0.3, -0.25) is 13.9 Å². The molecule has 0 unspecified atom stereocenters. The third-order valence-corrected chi connectivity index (χ3v) is 9.32. The van der Waals surface area contributed by atoms with Crippen LogP contribution in [0.3, 0.4) is 0 Å². The quantitative estimate of drug-likeness (QED) is 0.214. The number of aryl methyl sites for hydroxylation is 2. The Morgan fingerprint density at radius 1 is 0.814 bits per heavy atom. The molecule has 0 heterocycles. The van der Waals surface area contributed by atoms with Crippen LogP contribution < -0.4 is 9.62 Å². The molecule has 0 aliphatic heterocycles. The SMILES string of the molecule is CCNC(=O)[C@@H](Cc1ccccc1)N(Cc1ccccc1)C(=O)CN(c1ccc(C)c(C)c1)S(=O)(=O)c1ccc(Cl)cc1. The van der Waals surface area contributed by atoms with Crippen LogP contribution in [0.25, 0.3) is 0 Å². The summed E-state index contributed by atoms with van der Waals surface area (Å²) < 4.78 is 29.3. The van der Waals surface area contributed by atoms with Crippen molar-refractivity contribution in [2.75, 3.05) is 17.4 Å². The highest BCUT2D eigenvalue weighted by molar-refractivity contribution is 7.92. The highest BCUT2D eigenvalue weighted by Crippen LogP contribution is 2.27. The molecule has 4 aromatic rings. The fourth-order valence-corrected chi connectivity index (χ4v) is 6.30. The van der Waals surface area contributed by atoms with Gasteiger partial charge in [0, 0.05) is 24.5 Å². The number of rotatable bonds is 12. The Morgan fingerprint density at radius 3 is 2.00 bits per heavy atom. The van der Waals surface area contributed by atoms with Crippen molar-refractivity contribution in [3.63, 3.8) is 0 Å². The lowest BCUT2D eigenvalue weighted by atomic mass is 10.0. The van der Waals surface area contributed by atoms with Gasteiger partial charge in [-0.1, -0.05) is 78.3 Å². The number of carbonyl (C=O) groups is 2. The number of sulfonamides is 1. The van der Waals surface area contributed by atoms with Crippen molar-refractivity contribution < 1.29 is 18.0 Å². The van der Waals surface area contributed by atoms with Crippen molar-refractivity contribution in [2.45, 2.75) is 44.7 Å². The van der Waals surface area contributed by atoms with E-state index in [-0.39, 0.29) is 23.8 Å². The Kier molecular flexibility index (Phi) is 10.6. The Bertz CT molecular complexity index is 1650. The molecular weight excluding hydrogens is 582 g/mol. The minimum Gasteiger partial charge on any atom is -0.355 e. The maximum atomic E-state index is 14.4. The van der Waals surface area contributed by atoms with E-state index in [1.165, 1.54) is 29.2 Å². The molecule has 0 saturated heterocycles. The van der Waals surface area contributed by atoms with Gasteiger partial charge in [0.1, 0.15) is 12.6 Å². The molecule has 0 fully saturated rings. The van der Waals surface area contributed by atoms with Gasteiger partial charge < -0.3 is 10.2 Å². The van der Waals surface area contributed by atoms with Crippen LogP contribution in [-0.4, -0.2) is 44.3 Å². The monoisotopic (exact) mass is 617 g/mol. The minimum atomic E-state index is -4.19. The number of benzene rings is 4. The molecule has 0 saturated carbocycles. The number of hydrogen-bond donors (Lipinski definition) is 1. The van der Waals surface area contributed by atoms with Crippen molar-refractivity contribution in [1.29, 1.82) is 0 Å². The van der Waals surface area contributed by atoms with Crippen molar-refractivity contribution in [1.82, 2.24) is 10.2 Å². The molecule has 4 aromatic carbocycles. The number of likely N-dealkylation sites (N-methyl/N-ethyl adjacent to an activating group) is 1.